The maximum absolute atomic E-state index is 12.4. The van der Waals surface area contributed by atoms with Gasteiger partial charge in [0, 0.05) is 38.3 Å². The fourth-order valence-corrected chi connectivity index (χ4v) is 5.36. The second kappa shape index (κ2) is 9.17. The summed E-state index contributed by atoms with van der Waals surface area (Å²) < 4.78 is 0. The van der Waals surface area contributed by atoms with E-state index in [0.717, 1.165) is 50.1 Å². The lowest BCUT2D eigenvalue weighted by Gasteiger charge is -2.45. The molecule has 1 spiro atoms. The van der Waals surface area contributed by atoms with Gasteiger partial charge < -0.3 is 21.3 Å². The van der Waals surface area contributed by atoms with Crippen molar-refractivity contribution in [3.05, 3.63) is 23.2 Å². The summed E-state index contributed by atoms with van der Waals surface area (Å²) in [5, 5.41) is 0.658. The number of nitrogens with two attached hydrogens (primary N) is 2. The molecule has 9 heteroatoms. The topological polar surface area (TPSA) is 104 Å². The Kier molecular flexibility index (Phi) is 6.51. The highest BCUT2D eigenvalue weighted by Crippen LogP contribution is 2.41. The van der Waals surface area contributed by atoms with Crippen molar-refractivity contribution in [3.8, 4) is 0 Å². The first-order chi connectivity index (χ1) is 15.3. The molecule has 0 atom stereocenters. The van der Waals surface area contributed by atoms with Crippen LogP contribution in [0.5, 0.6) is 0 Å². The summed E-state index contributed by atoms with van der Waals surface area (Å²) in [5.74, 6) is 1.22. The molecule has 0 unspecified atom stereocenters. The number of aliphatic imine (C=N–C) groups is 2. The van der Waals surface area contributed by atoms with Gasteiger partial charge in [-0.15, -0.1) is 0 Å². The van der Waals surface area contributed by atoms with Crippen LogP contribution in [0.2, 0.25) is 5.02 Å². The van der Waals surface area contributed by atoms with Crippen LogP contribution < -0.4 is 21.3 Å². The number of guanidine groups is 2. The molecule has 0 bridgehead atoms. The number of carbonyl (C=O) groups excluding carboxylic acids is 1. The fourth-order valence-electron chi connectivity index (χ4n) is 5.06. The molecule has 2 heterocycles. The Morgan fingerprint density at radius 1 is 1.12 bits per heavy atom. The van der Waals surface area contributed by atoms with Crippen molar-refractivity contribution in [1.82, 2.24) is 4.90 Å². The number of anilines is 2. The number of carbonyl (C=O) groups is 1. The third-order valence-corrected chi connectivity index (χ3v) is 6.90. The second-order valence-corrected chi connectivity index (χ2v) is 9.83. The first-order valence-electron chi connectivity index (χ1n) is 11.6. The molecule has 4 N–H and O–H groups in total. The van der Waals surface area contributed by atoms with E-state index in [1.54, 1.807) is 0 Å². The van der Waals surface area contributed by atoms with Crippen LogP contribution in [0, 0.1) is 5.92 Å². The van der Waals surface area contributed by atoms with Gasteiger partial charge in [0.05, 0.1) is 10.7 Å². The molecular formula is C23H34ClN7O. The van der Waals surface area contributed by atoms with E-state index in [9.17, 15) is 4.79 Å². The Labute approximate surface area is 195 Å². The monoisotopic (exact) mass is 459 g/mol. The lowest BCUT2D eigenvalue weighted by molar-refractivity contribution is -0.132. The Morgan fingerprint density at radius 2 is 1.81 bits per heavy atom. The Hall–Kier alpha value is -2.48. The van der Waals surface area contributed by atoms with Crippen molar-refractivity contribution in [2.24, 2.45) is 27.4 Å². The number of hydrogen-bond acceptors (Lipinski definition) is 7. The molecule has 2 aliphatic heterocycles. The molecule has 1 aromatic carbocycles. The van der Waals surface area contributed by atoms with Gasteiger partial charge in [-0.05, 0) is 49.8 Å². The van der Waals surface area contributed by atoms with Crippen molar-refractivity contribution >= 4 is 40.8 Å². The summed E-state index contributed by atoms with van der Waals surface area (Å²) in [4.78, 5) is 27.5. The zero-order chi connectivity index (χ0) is 22.9. The van der Waals surface area contributed by atoms with Crippen LogP contribution in [0.3, 0.4) is 0 Å². The van der Waals surface area contributed by atoms with Crippen LogP contribution in [0.15, 0.2) is 28.2 Å². The average Bonchev–Trinajstić information content (AvgIpc) is 2.73. The molecule has 2 fully saturated rings. The predicted octanol–water partition coefficient (Wildman–Crippen LogP) is 3.14. The van der Waals surface area contributed by atoms with Gasteiger partial charge >= 0.3 is 0 Å². The number of amides is 1. The van der Waals surface area contributed by atoms with Crippen LogP contribution in [-0.2, 0) is 4.79 Å². The molecule has 8 nitrogen and oxygen atoms in total. The number of rotatable bonds is 4. The van der Waals surface area contributed by atoms with Crippen LogP contribution in [0.25, 0.3) is 0 Å². The summed E-state index contributed by atoms with van der Waals surface area (Å²) in [6, 6.07) is 6.02. The van der Waals surface area contributed by atoms with Crippen molar-refractivity contribution in [3.63, 3.8) is 0 Å². The summed E-state index contributed by atoms with van der Waals surface area (Å²) >= 11 is 6.76. The van der Waals surface area contributed by atoms with Crippen LogP contribution in [0.4, 0.5) is 11.4 Å². The average molecular weight is 460 g/mol. The molecule has 4 rings (SSSR count). The third-order valence-electron chi connectivity index (χ3n) is 6.60. The minimum atomic E-state index is -0.485. The van der Waals surface area contributed by atoms with Crippen LogP contribution in [0.1, 0.15) is 52.4 Å². The fraction of sp³-hybridized carbons (Fsp3) is 0.609. The molecule has 3 aliphatic rings. The highest BCUT2D eigenvalue weighted by atomic mass is 35.5. The van der Waals surface area contributed by atoms with Gasteiger partial charge in [0.1, 0.15) is 5.66 Å². The Morgan fingerprint density at radius 3 is 2.44 bits per heavy atom. The standard InChI is InChI=1S/C23H34ClN7O/c1-16(2)14-20(32)30-12-10-29(11-13-30)19-7-6-17(15-18(19)24)31-22(26)27-21(25)28-23(31)8-4-3-5-9-23/h6-7,15-16H,3-5,8-14H2,1-2H3,(H4,25,26,27,28). The van der Waals surface area contributed by atoms with Crippen molar-refractivity contribution in [2.45, 2.75) is 58.0 Å². The van der Waals surface area contributed by atoms with E-state index in [-0.39, 0.29) is 11.9 Å². The van der Waals surface area contributed by atoms with Gasteiger partial charge in [-0.3, -0.25) is 9.69 Å². The van der Waals surface area contributed by atoms with Gasteiger partial charge in [0.2, 0.25) is 17.8 Å². The predicted molar refractivity (Wildman–Crippen MR) is 131 cm³/mol. The first kappa shape index (κ1) is 22.7. The molecule has 32 heavy (non-hydrogen) atoms. The van der Waals surface area contributed by atoms with E-state index in [0.29, 0.717) is 36.4 Å². The Balaban J connectivity index is 1.51. The number of halogens is 1. The van der Waals surface area contributed by atoms with Crippen molar-refractivity contribution in [1.29, 1.82) is 0 Å². The normalized spacial score (nSPS) is 21.1. The third kappa shape index (κ3) is 4.51. The smallest absolute Gasteiger partial charge is 0.222 e. The molecule has 1 aliphatic carbocycles. The van der Waals surface area contributed by atoms with Crippen LogP contribution in [-0.4, -0.2) is 54.6 Å². The van der Waals surface area contributed by atoms with E-state index < -0.39 is 5.66 Å². The molecule has 1 saturated heterocycles. The van der Waals surface area contributed by atoms with E-state index in [2.05, 4.69) is 23.7 Å². The van der Waals surface area contributed by atoms with Crippen molar-refractivity contribution < 1.29 is 4.79 Å². The van der Waals surface area contributed by atoms with Gasteiger partial charge in [-0.25, -0.2) is 4.99 Å². The second-order valence-electron chi connectivity index (χ2n) is 9.42. The molecule has 174 valence electrons. The van der Waals surface area contributed by atoms with E-state index >= 15 is 0 Å². The summed E-state index contributed by atoms with van der Waals surface area (Å²) in [6.45, 7) is 7.11. The SMILES string of the molecule is CC(C)CC(=O)N1CCN(c2ccc(N3C(N)=NC(N)=NC34CCCCC4)cc2Cl)CC1. The quantitative estimate of drug-likeness (QED) is 0.719. The maximum Gasteiger partial charge on any atom is 0.222 e. The molecule has 1 amide bonds. The van der Waals surface area contributed by atoms with E-state index in [1.165, 1.54) is 6.42 Å². The number of benzene rings is 1. The minimum absolute atomic E-state index is 0.235. The van der Waals surface area contributed by atoms with E-state index in [4.69, 9.17) is 28.1 Å². The summed E-state index contributed by atoms with van der Waals surface area (Å²) in [7, 11) is 0. The minimum Gasteiger partial charge on any atom is -0.369 e. The van der Waals surface area contributed by atoms with Gasteiger partial charge in [0.15, 0.2) is 0 Å². The zero-order valence-corrected chi connectivity index (χ0v) is 19.8. The molecular weight excluding hydrogens is 426 g/mol. The summed E-state index contributed by atoms with van der Waals surface area (Å²) in [5.41, 5.74) is 13.7. The largest absolute Gasteiger partial charge is 0.369 e. The lowest BCUT2D eigenvalue weighted by Crippen LogP contribution is -2.58. The zero-order valence-electron chi connectivity index (χ0n) is 19.1. The van der Waals surface area contributed by atoms with Gasteiger partial charge in [-0.2, -0.15) is 4.99 Å². The maximum atomic E-state index is 12.4. The first-order valence-corrected chi connectivity index (χ1v) is 12.0. The highest BCUT2D eigenvalue weighted by Gasteiger charge is 2.42. The molecule has 0 aromatic heterocycles. The lowest BCUT2D eigenvalue weighted by atomic mass is 9.87. The van der Waals surface area contributed by atoms with Gasteiger partial charge in [-0.1, -0.05) is 31.9 Å². The molecule has 1 saturated carbocycles. The van der Waals surface area contributed by atoms with Crippen molar-refractivity contribution in [2.75, 3.05) is 36.0 Å². The molecule has 0 radical (unpaired) electrons. The van der Waals surface area contributed by atoms with E-state index in [1.807, 2.05) is 28.0 Å². The number of hydrogen-bond donors (Lipinski definition) is 2. The number of piperazine rings is 1. The summed E-state index contributed by atoms with van der Waals surface area (Å²) in [6.07, 6.45) is 5.71. The Bertz CT molecular complexity index is 915. The highest BCUT2D eigenvalue weighted by molar-refractivity contribution is 6.33. The molecule has 1 aromatic rings. The number of nitrogens with zero attached hydrogens (tertiary/aromatic N) is 5. The van der Waals surface area contributed by atoms with Gasteiger partial charge in [0.25, 0.3) is 0 Å². The van der Waals surface area contributed by atoms with Crippen LogP contribution >= 0.6 is 11.6 Å².